The van der Waals surface area contributed by atoms with Crippen molar-refractivity contribution in [3.63, 3.8) is 0 Å². The lowest BCUT2D eigenvalue weighted by Gasteiger charge is -2.11. The van der Waals surface area contributed by atoms with Crippen molar-refractivity contribution in [2.75, 3.05) is 11.1 Å². The molecule has 0 saturated heterocycles. The number of hydrogen-bond donors (Lipinski definition) is 2. The Balaban J connectivity index is 2.01. The molecule has 3 rings (SSSR count). The van der Waals surface area contributed by atoms with Crippen LogP contribution >= 0.6 is 0 Å². The molecule has 0 atom stereocenters. The largest absolute Gasteiger partial charge is 0.398 e. The average molecular weight is 277 g/mol. The third-order valence-electron chi connectivity index (χ3n) is 3.46. The summed E-state index contributed by atoms with van der Waals surface area (Å²) in [6, 6.07) is 13.0. The Morgan fingerprint density at radius 1 is 1.14 bits per heavy atom. The van der Waals surface area contributed by atoms with Crippen LogP contribution in [0, 0.1) is 6.92 Å². The fourth-order valence-electron chi connectivity index (χ4n) is 2.42. The maximum Gasteiger partial charge on any atom is 0.258 e. The van der Waals surface area contributed by atoms with Crippen molar-refractivity contribution in [1.29, 1.82) is 0 Å². The number of nitrogen functional groups attached to an aromatic ring is 1. The second-order valence-electron chi connectivity index (χ2n) is 4.90. The van der Waals surface area contributed by atoms with Crippen LogP contribution in [0.3, 0.4) is 0 Å². The molecule has 21 heavy (non-hydrogen) atoms. The lowest BCUT2D eigenvalue weighted by atomic mass is 10.1. The van der Waals surface area contributed by atoms with E-state index in [1.165, 1.54) is 0 Å². The Kier molecular flexibility index (Phi) is 3.28. The van der Waals surface area contributed by atoms with Crippen LogP contribution in [0.5, 0.6) is 0 Å². The summed E-state index contributed by atoms with van der Waals surface area (Å²) in [5, 5.41) is 4.87. The number of carbonyl (C=O) groups is 1. The minimum absolute atomic E-state index is 0.199. The van der Waals surface area contributed by atoms with E-state index in [2.05, 4.69) is 10.3 Å². The van der Waals surface area contributed by atoms with Gasteiger partial charge < -0.3 is 11.1 Å². The third kappa shape index (κ3) is 2.43. The molecule has 0 bridgehead atoms. The first-order valence-electron chi connectivity index (χ1n) is 6.66. The zero-order chi connectivity index (χ0) is 14.8. The number of pyridine rings is 1. The zero-order valence-corrected chi connectivity index (χ0v) is 11.6. The van der Waals surface area contributed by atoms with E-state index in [0.29, 0.717) is 11.3 Å². The lowest BCUT2D eigenvalue weighted by molar-refractivity contribution is 0.102. The van der Waals surface area contributed by atoms with E-state index in [0.717, 1.165) is 22.0 Å². The normalized spacial score (nSPS) is 10.5. The molecule has 4 heteroatoms. The van der Waals surface area contributed by atoms with Crippen molar-refractivity contribution in [1.82, 2.24) is 4.98 Å². The topological polar surface area (TPSA) is 68.0 Å². The maximum absolute atomic E-state index is 12.5. The van der Waals surface area contributed by atoms with Crippen molar-refractivity contribution in [3.8, 4) is 0 Å². The molecule has 0 radical (unpaired) electrons. The van der Waals surface area contributed by atoms with E-state index in [1.807, 2.05) is 43.3 Å². The van der Waals surface area contributed by atoms with Crippen LogP contribution in [0.2, 0.25) is 0 Å². The van der Waals surface area contributed by atoms with Gasteiger partial charge in [-0.1, -0.05) is 24.3 Å². The minimum Gasteiger partial charge on any atom is -0.398 e. The van der Waals surface area contributed by atoms with Crippen LogP contribution in [-0.4, -0.2) is 10.9 Å². The molecule has 0 aliphatic heterocycles. The predicted molar refractivity (Wildman–Crippen MR) is 85.3 cm³/mol. The van der Waals surface area contributed by atoms with Gasteiger partial charge in [-0.25, -0.2) is 0 Å². The molecule has 1 heterocycles. The van der Waals surface area contributed by atoms with E-state index < -0.39 is 0 Å². The average Bonchev–Trinajstić information content (AvgIpc) is 2.47. The van der Waals surface area contributed by atoms with Gasteiger partial charge in [-0.3, -0.25) is 9.78 Å². The van der Waals surface area contributed by atoms with Crippen LogP contribution in [0.1, 0.15) is 15.9 Å². The Hall–Kier alpha value is -2.88. The SMILES string of the molecule is Cc1cccc(N)c1C(=O)Nc1cccc2cnccc12. The molecule has 3 aromatic rings. The summed E-state index contributed by atoms with van der Waals surface area (Å²) < 4.78 is 0. The Morgan fingerprint density at radius 3 is 2.76 bits per heavy atom. The van der Waals surface area contributed by atoms with Gasteiger partial charge in [-0.2, -0.15) is 0 Å². The highest BCUT2D eigenvalue weighted by Gasteiger charge is 2.13. The van der Waals surface area contributed by atoms with Crippen LogP contribution in [0.4, 0.5) is 11.4 Å². The number of anilines is 2. The summed E-state index contributed by atoms with van der Waals surface area (Å²) in [5.41, 5.74) is 8.52. The summed E-state index contributed by atoms with van der Waals surface area (Å²) in [5.74, 6) is -0.199. The molecule has 1 aromatic heterocycles. The zero-order valence-electron chi connectivity index (χ0n) is 11.6. The number of amides is 1. The summed E-state index contributed by atoms with van der Waals surface area (Å²) >= 11 is 0. The third-order valence-corrected chi connectivity index (χ3v) is 3.46. The first kappa shape index (κ1) is 13.1. The number of carbonyl (C=O) groups excluding carboxylic acids is 1. The minimum atomic E-state index is -0.199. The molecular weight excluding hydrogens is 262 g/mol. The first-order chi connectivity index (χ1) is 10.2. The number of nitrogens with zero attached hydrogens (tertiary/aromatic N) is 1. The Bertz CT molecular complexity index is 802. The standard InChI is InChI=1S/C17H15N3O/c1-11-4-2-6-14(18)16(11)17(21)20-15-7-3-5-12-10-19-9-8-13(12)15/h2-10H,18H2,1H3,(H,20,21). The molecule has 0 aliphatic rings. The van der Waals surface area contributed by atoms with E-state index in [4.69, 9.17) is 5.73 Å². The molecule has 4 nitrogen and oxygen atoms in total. The Morgan fingerprint density at radius 2 is 1.95 bits per heavy atom. The monoisotopic (exact) mass is 277 g/mol. The summed E-state index contributed by atoms with van der Waals surface area (Å²) in [4.78, 5) is 16.6. The number of nitrogens with one attached hydrogen (secondary N) is 1. The molecule has 0 unspecified atom stereocenters. The molecule has 0 aliphatic carbocycles. The molecule has 0 saturated carbocycles. The van der Waals surface area contributed by atoms with Gasteiger partial charge in [0.2, 0.25) is 0 Å². The summed E-state index contributed by atoms with van der Waals surface area (Å²) in [6.07, 6.45) is 3.48. The van der Waals surface area contributed by atoms with Gasteiger partial charge in [0.15, 0.2) is 0 Å². The van der Waals surface area contributed by atoms with E-state index in [1.54, 1.807) is 18.5 Å². The number of aryl methyl sites for hydroxylation is 1. The summed E-state index contributed by atoms with van der Waals surface area (Å²) in [6.45, 7) is 1.87. The van der Waals surface area contributed by atoms with Gasteiger partial charge in [0, 0.05) is 34.5 Å². The van der Waals surface area contributed by atoms with Crippen molar-refractivity contribution in [2.45, 2.75) is 6.92 Å². The highest BCUT2D eigenvalue weighted by Crippen LogP contribution is 2.24. The van der Waals surface area contributed by atoms with Gasteiger partial charge in [-0.05, 0) is 30.7 Å². The van der Waals surface area contributed by atoms with Crippen LogP contribution < -0.4 is 11.1 Å². The lowest BCUT2D eigenvalue weighted by Crippen LogP contribution is -2.15. The first-order valence-corrected chi connectivity index (χ1v) is 6.66. The predicted octanol–water partition coefficient (Wildman–Crippen LogP) is 3.38. The number of fused-ring (bicyclic) bond motifs is 1. The summed E-state index contributed by atoms with van der Waals surface area (Å²) in [7, 11) is 0. The van der Waals surface area contributed by atoms with Crippen LogP contribution in [0.15, 0.2) is 54.9 Å². The van der Waals surface area contributed by atoms with Gasteiger partial charge >= 0.3 is 0 Å². The number of rotatable bonds is 2. The quantitative estimate of drug-likeness (QED) is 0.706. The molecule has 0 spiro atoms. The number of aromatic nitrogens is 1. The highest BCUT2D eigenvalue weighted by molar-refractivity contribution is 6.12. The number of benzene rings is 2. The van der Waals surface area contributed by atoms with Crippen molar-refractivity contribution < 1.29 is 4.79 Å². The molecule has 2 aromatic carbocycles. The van der Waals surface area contributed by atoms with E-state index in [9.17, 15) is 4.79 Å². The fraction of sp³-hybridized carbons (Fsp3) is 0.0588. The molecule has 104 valence electrons. The number of nitrogens with two attached hydrogens (primary N) is 1. The Labute approximate surface area is 122 Å². The van der Waals surface area contributed by atoms with Gasteiger partial charge in [0.1, 0.15) is 0 Å². The number of hydrogen-bond acceptors (Lipinski definition) is 3. The van der Waals surface area contributed by atoms with E-state index >= 15 is 0 Å². The maximum atomic E-state index is 12.5. The molecule has 1 amide bonds. The fourth-order valence-corrected chi connectivity index (χ4v) is 2.42. The van der Waals surface area contributed by atoms with Crippen molar-refractivity contribution >= 4 is 28.1 Å². The van der Waals surface area contributed by atoms with Crippen molar-refractivity contribution in [2.24, 2.45) is 0 Å². The van der Waals surface area contributed by atoms with E-state index in [-0.39, 0.29) is 5.91 Å². The molecular formula is C17H15N3O. The van der Waals surface area contributed by atoms with Gasteiger partial charge in [0.25, 0.3) is 5.91 Å². The van der Waals surface area contributed by atoms with Gasteiger partial charge in [-0.15, -0.1) is 0 Å². The molecule has 3 N–H and O–H groups in total. The second kappa shape index (κ2) is 5.25. The van der Waals surface area contributed by atoms with Crippen molar-refractivity contribution in [3.05, 3.63) is 66.0 Å². The van der Waals surface area contributed by atoms with Crippen LogP contribution in [0.25, 0.3) is 10.8 Å². The second-order valence-corrected chi connectivity index (χ2v) is 4.90. The van der Waals surface area contributed by atoms with Gasteiger partial charge in [0.05, 0.1) is 5.56 Å². The smallest absolute Gasteiger partial charge is 0.258 e. The van der Waals surface area contributed by atoms with Crippen LogP contribution in [-0.2, 0) is 0 Å². The highest BCUT2D eigenvalue weighted by atomic mass is 16.1. The molecule has 0 fully saturated rings.